The quantitative estimate of drug-likeness (QED) is 0.285. The number of nitrogens with zero attached hydrogens (tertiary/aromatic N) is 1. The van der Waals surface area contributed by atoms with E-state index in [-0.39, 0.29) is 27.0 Å². The number of methoxy groups -OCH3 is 1. The monoisotopic (exact) mass is 483 g/mol. The number of hydrogen-bond donors (Lipinski definition) is 0. The maximum atomic E-state index is 12.7. The molecule has 0 unspecified atom stereocenters. The van der Waals surface area contributed by atoms with Crippen molar-refractivity contribution in [2.24, 2.45) is 5.16 Å². The van der Waals surface area contributed by atoms with E-state index in [9.17, 15) is 13.2 Å². The Kier molecular flexibility index (Phi) is 6.22. The highest BCUT2D eigenvalue weighted by Gasteiger charge is 2.27. The van der Waals surface area contributed by atoms with E-state index in [1.807, 2.05) is 25.1 Å². The molecule has 0 N–H and O–H groups in total. The van der Waals surface area contributed by atoms with E-state index in [4.69, 9.17) is 25.4 Å². The first-order valence-electron chi connectivity index (χ1n) is 9.74. The lowest BCUT2D eigenvalue weighted by Gasteiger charge is -2.13. The Morgan fingerprint density at radius 1 is 1.03 bits per heavy atom. The molecule has 0 aromatic heterocycles. The van der Waals surface area contributed by atoms with Gasteiger partial charge in [-0.25, -0.2) is 4.79 Å². The second kappa shape index (κ2) is 9.09. The third-order valence-electron chi connectivity index (χ3n) is 4.81. The van der Waals surface area contributed by atoms with Crippen molar-refractivity contribution in [3.05, 3.63) is 94.0 Å². The fourth-order valence-electron chi connectivity index (χ4n) is 3.15. The van der Waals surface area contributed by atoms with Crippen molar-refractivity contribution in [2.45, 2.75) is 11.8 Å². The summed E-state index contributed by atoms with van der Waals surface area (Å²) in [7, 11) is -2.79. The van der Waals surface area contributed by atoms with Gasteiger partial charge < -0.3 is 13.8 Å². The van der Waals surface area contributed by atoms with E-state index in [2.05, 4.69) is 5.16 Å². The molecule has 0 amide bonds. The Morgan fingerprint density at radius 2 is 1.73 bits per heavy atom. The maximum absolute atomic E-state index is 12.7. The van der Waals surface area contributed by atoms with Gasteiger partial charge in [0.05, 0.1) is 17.7 Å². The zero-order valence-corrected chi connectivity index (χ0v) is 19.2. The molecule has 0 bridgehead atoms. The molecule has 0 saturated carbocycles. The van der Waals surface area contributed by atoms with E-state index in [1.165, 1.54) is 37.5 Å². The molecule has 1 aliphatic rings. The van der Waals surface area contributed by atoms with Crippen LogP contribution in [0.4, 0.5) is 0 Å². The van der Waals surface area contributed by atoms with Gasteiger partial charge in [0.1, 0.15) is 10.6 Å². The minimum atomic E-state index is -4.15. The molecule has 9 heteroatoms. The third kappa shape index (κ3) is 4.76. The smallest absolute Gasteiger partial charge is 0.368 e. The molecule has 0 saturated heterocycles. The van der Waals surface area contributed by atoms with Crippen LogP contribution in [0, 0.1) is 6.92 Å². The Labute approximate surface area is 196 Å². The molecule has 0 spiro atoms. The van der Waals surface area contributed by atoms with E-state index in [1.54, 1.807) is 24.3 Å². The SMILES string of the molecule is COc1cc(/C=C2\C(=O)ON=C2c2ccccc2)cc(Cl)c1OS(=O)(=O)c1ccc(C)cc1. The van der Waals surface area contributed by atoms with Crippen molar-refractivity contribution in [1.82, 2.24) is 0 Å². The van der Waals surface area contributed by atoms with E-state index in [0.29, 0.717) is 16.8 Å². The summed E-state index contributed by atoms with van der Waals surface area (Å²) < 4.78 is 36.0. The highest BCUT2D eigenvalue weighted by Crippen LogP contribution is 2.39. The lowest BCUT2D eigenvalue weighted by molar-refractivity contribution is -0.136. The number of ether oxygens (including phenoxy) is 1. The second-order valence-electron chi connectivity index (χ2n) is 7.13. The Bertz CT molecular complexity index is 1380. The molecule has 0 radical (unpaired) electrons. The van der Waals surface area contributed by atoms with Crippen LogP contribution in [0.3, 0.4) is 0 Å². The summed E-state index contributed by atoms with van der Waals surface area (Å²) in [4.78, 5) is 17.1. The van der Waals surface area contributed by atoms with E-state index < -0.39 is 16.1 Å². The predicted octanol–water partition coefficient (Wildman–Crippen LogP) is 4.77. The number of benzene rings is 3. The number of hydrogen-bond acceptors (Lipinski definition) is 7. The van der Waals surface area contributed by atoms with Gasteiger partial charge in [0.25, 0.3) is 0 Å². The molecular formula is C24H18ClNO6S. The highest BCUT2D eigenvalue weighted by atomic mass is 35.5. The first-order valence-corrected chi connectivity index (χ1v) is 11.5. The van der Waals surface area contributed by atoms with Gasteiger partial charge in [-0.05, 0) is 42.8 Å². The van der Waals surface area contributed by atoms with Crippen molar-refractivity contribution in [3.63, 3.8) is 0 Å². The standard InChI is InChI=1S/C24H18ClNO6S/c1-15-8-10-18(11-9-15)33(28,29)32-23-20(25)13-16(14-21(23)30-2)12-19-22(26-31-24(19)27)17-6-4-3-5-7-17/h3-14H,1-2H3/b19-12-. The molecule has 3 aromatic carbocycles. The fraction of sp³-hybridized carbons (Fsp3) is 0.0833. The summed E-state index contributed by atoms with van der Waals surface area (Å²) in [6.45, 7) is 1.85. The second-order valence-corrected chi connectivity index (χ2v) is 9.08. The van der Waals surface area contributed by atoms with Gasteiger partial charge in [-0.2, -0.15) is 8.42 Å². The Balaban J connectivity index is 1.70. The van der Waals surface area contributed by atoms with Gasteiger partial charge in [-0.3, -0.25) is 0 Å². The predicted molar refractivity (Wildman–Crippen MR) is 124 cm³/mol. The molecule has 3 aromatic rings. The largest absolute Gasteiger partial charge is 0.493 e. The van der Waals surface area contributed by atoms with Crippen LogP contribution in [-0.4, -0.2) is 27.2 Å². The van der Waals surface area contributed by atoms with Crippen LogP contribution in [-0.2, 0) is 19.8 Å². The van der Waals surface area contributed by atoms with Crippen LogP contribution >= 0.6 is 11.6 Å². The first-order chi connectivity index (χ1) is 15.8. The fourth-order valence-corrected chi connectivity index (χ4v) is 4.41. The molecule has 168 valence electrons. The summed E-state index contributed by atoms with van der Waals surface area (Å²) in [5.74, 6) is -0.700. The molecule has 0 atom stereocenters. The van der Waals surface area contributed by atoms with Gasteiger partial charge in [-0.15, -0.1) is 0 Å². The number of halogens is 1. The van der Waals surface area contributed by atoms with Crippen LogP contribution in [0.25, 0.3) is 6.08 Å². The Morgan fingerprint density at radius 3 is 2.39 bits per heavy atom. The summed E-state index contributed by atoms with van der Waals surface area (Å²) in [6, 6.07) is 18.3. The van der Waals surface area contributed by atoms with Crippen LogP contribution in [0.5, 0.6) is 11.5 Å². The summed E-state index contributed by atoms with van der Waals surface area (Å²) in [6.07, 6.45) is 1.54. The van der Waals surface area contributed by atoms with Crippen LogP contribution in [0.2, 0.25) is 5.02 Å². The zero-order valence-electron chi connectivity index (χ0n) is 17.6. The Hall–Kier alpha value is -3.62. The first kappa shape index (κ1) is 22.6. The minimum Gasteiger partial charge on any atom is -0.493 e. The van der Waals surface area contributed by atoms with E-state index >= 15 is 0 Å². The number of rotatable bonds is 6. The van der Waals surface area contributed by atoms with Crippen LogP contribution < -0.4 is 8.92 Å². The van der Waals surface area contributed by atoms with E-state index in [0.717, 1.165) is 5.56 Å². The van der Waals surface area contributed by atoms with Crippen molar-refractivity contribution < 1.29 is 27.0 Å². The molecule has 33 heavy (non-hydrogen) atoms. The molecular weight excluding hydrogens is 466 g/mol. The van der Waals surface area contributed by atoms with Gasteiger partial charge in [0.2, 0.25) is 5.75 Å². The lowest BCUT2D eigenvalue weighted by atomic mass is 10.0. The van der Waals surface area contributed by atoms with Crippen molar-refractivity contribution in [2.75, 3.05) is 7.11 Å². The van der Waals surface area contributed by atoms with Gasteiger partial charge >= 0.3 is 16.1 Å². The van der Waals surface area contributed by atoms with Crippen molar-refractivity contribution in [3.8, 4) is 11.5 Å². The van der Waals surface area contributed by atoms with Gasteiger partial charge in [0, 0.05) is 5.56 Å². The third-order valence-corrected chi connectivity index (χ3v) is 6.32. The van der Waals surface area contributed by atoms with Gasteiger partial charge in [-0.1, -0.05) is 64.8 Å². The molecule has 1 aliphatic heterocycles. The lowest BCUT2D eigenvalue weighted by Crippen LogP contribution is -2.11. The molecule has 0 fully saturated rings. The number of carbonyl (C=O) groups is 1. The topological polar surface area (TPSA) is 91.3 Å². The van der Waals surface area contributed by atoms with Crippen LogP contribution in [0.1, 0.15) is 16.7 Å². The summed E-state index contributed by atoms with van der Waals surface area (Å²) >= 11 is 6.36. The number of aryl methyl sites for hydroxylation is 1. The number of oxime groups is 1. The van der Waals surface area contributed by atoms with Gasteiger partial charge in [0.15, 0.2) is 5.75 Å². The van der Waals surface area contributed by atoms with Crippen LogP contribution in [0.15, 0.2) is 82.4 Å². The molecule has 4 rings (SSSR count). The zero-order chi connectivity index (χ0) is 23.6. The molecule has 0 aliphatic carbocycles. The summed E-state index contributed by atoms with van der Waals surface area (Å²) in [5.41, 5.74) is 2.68. The maximum Gasteiger partial charge on any atom is 0.368 e. The van der Waals surface area contributed by atoms with Crippen molar-refractivity contribution >= 4 is 39.5 Å². The molecule has 7 nitrogen and oxygen atoms in total. The minimum absolute atomic E-state index is 0.0125. The summed E-state index contributed by atoms with van der Waals surface area (Å²) in [5, 5.41) is 3.85. The highest BCUT2D eigenvalue weighted by molar-refractivity contribution is 7.87. The van der Waals surface area contributed by atoms with Crippen molar-refractivity contribution in [1.29, 1.82) is 0 Å². The molecule has 1 heterocycles. The number of carbonyl (C=O) groups excluding carboxylic acids is 1. The average Bonchev–Trinajstić information content (AvgIpc) is 3.16. The normalized spacial score (nSPS) is 14.7. The average molecular weight is 484 g/mol.